The second-order valence-electron chi connectivity index (χ2n) is 4.63. The fourth-order valence-electron chi connectivity index (χ4n) is 1.86. The van der Waals surface area contributed by atoms with Crippen molar-refractivity contribution < 1.29 is 4.79 Å². The Labute approximate surface area is 123 Å². The Kier molecular flexibility index (Phi) is 4.69. The van der Waals surface area contributed by atoms with Crippen molar-refractivity contribution in [3.8, 4) is 0 Å². The van der Waals surface area contributed by atoms with Gasteiger partial charge in [0, 0.05) is 28.4 Å². The summed E-state index contributed by atoms with van der Waals surface area (Å²) in [5, 5.41) is 3.11. The Morgan fingerprint density at radius 1 is 1.10 bits per heavy atom. The highest BCUT2D eigenvalue weighted by molar-refractivity contribution is 7.99. The van der Waals surface area contributed by atoms with Crippen molar-refractivity contribution in [3.05, 3.63) is 54.1 Å². The molecule has 104 valence electrons. The molecular weight excluding hydrogens is 268 g/mol. The second-order valence-corrected chi connectivity index (χ2v) is 6.05. The first-order valence-electron chi connectivity index (χ1n) is 6.44. The van der Waals surface area contributed by atoms with Crippen molar-refractivity contribution in [2.45, 2.75) is 24.0 Å². The molecule has 0 spiro atoms. The lowest BCUT2D eigenvalue weighted by Crippen LogP contribution is -2.05. The molecule has 1 atom stereocenters. The van der Waals surface area contributed by atoms with Crippen molar-refractivity contribution in [2.24, 2.45) is 0 Å². The maximum atomic E-state index is 11.0. The van der Waals surface area contributed by atoms with E-state index in [1.807, 2.05) is 36.4 Å². The molecule has 20 heavy (non-hydrogen) atoms. The molecule has 0 saturated carbocycles. The van der Waals surface area contributed by atoms with Crippen LogP contribution in [-0.2, 0) is 4.79 Å². The number of carbonyl (C=O) groups is 1. The van der Waals surface area contributed by atoms with Gasteiger partial charge in [0.15, 0.2) is 0 Å². The molecule has 1 amide bonds. The molecule has 0 saturated heterocycles. The minimum Gasteiger partial charge on any atom is -0.399 e. The zero-order chi connectivity index (χ0) is 14.5. The van der Waals surface area contributed by atoms with Crippen LogP contribution in [0.3, 0.4) is 0 Å². The number of nitrogen functional groups attached to an aromatic ring is 1. The molecule has 3 nitrogen and oxygen atoms in total. The third-order valence-electron chi connectivity index (χ3n) is 2.89. The quantitative estimate of drug-likeness (QED) is 0.657. The Bertz CT molecular complexity index is 578. The molecule has 0 aromatic heterocycles. The van der Waals surface area contributed by atoms with Gasteiger partial charge in [0.25, 0.3) is 0 Å². The molecule has 0 aliphatic carbocycles. The molecule has 0 bridgehead atoms. The predicted octanol–water partition coefficient (Wildman–Crippen LogP) is 4.08. The summed E-state index contributed by atoms with van der Waals surface area (Å²) in [7, 11) is 0. The summed E-state index contributed by atoms with van der Waals surface area (Å²) in [6.07, 6.45) is 0. The Balaban J connectivity index is 2.02. The van der Waals surface area contributed by atoms with E-state index in [-0.39, 0.29) is 5.91 Å². The van der Waals surface area contributed by atoms with Crippen LogP contribution in [0.5, 0.6) is 0 Å². The van der Waals surface area contributed by atoms with Crippen LogP contribution in [-0.4, -0.2) is 5.91 Å². The van der Waals surface area contributed by atoms with E-state index >= 15 is 0 Å². The monoisotopic (exact) mass is 286 g/mol. The normalized spacial score (nSPS) is 11.9. The third-order valence-corrected chi connectivity index (χ3v) is 4.06. The smallest absolute Gasteiger partial charge is 0.221 e. The summed E-state index contributed by atoms with van der Waals surface area (Å²) < 4.78 is 0. The van der Waals surface area contributed by atoms with E-state index in [1.165, 1.54) is 17.4 Å². The maximum absolute atomic E-state index is 11.0. The molecule has 0 aliphatic rings. The molecule has 4 heteroatoms. The summed E-state index contributed by atoms with van der Waals surface area (Å²) in [4.78, 5) is 12.1. The van der Waals surface area contributed by atoms with Crippen molar-refractivity contribution in [1.82, 2.24) is 0 Å². The zero-order valence-electron chi connectivity index (χ0n) is 11.6. The standard InChI is InChI=1S/C16H18N2OS/c1-11(13-3-5-14(17)6-4-13)20-16-9-7-15(8-10-16)18-12(2)19/h3-11H,17H2,1-2H3,(H,18,19). The van der Waals surface area contributed by atoms with Gasteiger partial charge in [0.2, 0.25) is 5.91 Å². The summed E-state index contributed by atoms with van der Waals surface area (Å²) in [6.45, 7) is 3.67. The van der Waals surface area contributed by atoms with Gasteiger partial charge in [0.1, 0.15) is 0 Å². The van der Waals surface area contributed by atoms with Crippen LogP contribution in [0.2, 0.25) is 0 Å². The van der Waals surface area contributed by atoms with Gasteiger partial charge in [-0.1, -0.05) is 12.1 Å². The van der Waals surface area contributed by atoms with E-state index in [4.69, 9.17) is 5.73 Å². The van der Waals surface area contributed by atoms with E-state index in [9.17, 15) is 4.79 Å². The van der Waals surface area contributed by atoms with Gasteiger partial charge < -0.3 is 11.1 Å². The lowest BCUT2D eigenvalue weighted by Gasteiger charge is -2.12. The topological polar surface area (TPSA) is 55.1 Å². The minimum atomic E-state index is -0.0550. The first-order chi connectivity index (χ1) is 9.54. The maximum Gasteiger partial charge on any atom is 0.221 e. The Morgan fingerprint density at radius 2 is 1.70 bits per heavy atom. The third kappa shape index (κ3) is 4.03. The van der Waals surface area contributed by atoms with Gasteiger partial charge in [0.05, 0.1) is 0 Å². The molecule has 2 rings (SSSR count). The lowest BCUT2D eigenvalue weighted by molar-refractivity contribution is -0.114. The number of rotatable bonds is 4. The number of anilines is 2. The average molecular weight is 286 g/mol. The number of hydrogen-bond acceptors (Lipinski definition) is 3. The van der Waals surface area contributed by atoms with Gasteiger partial charge in [-0.15, -0.1) is 11.8 Å². The highest BCUT2D eigenvalue weighted by Gasteiger charge is 2.07. The molecule has 0 fully saturated rings. The first-order valence-corrected chi connectivity index (χ1v) is 7.32. The number of thioether (sulfide) groups is 1. The number of amides is 1. The molecular formula is C16H18N2OS. The molecule has 0 aliphatic heterocycles. The number of carbonyl (C=O) groups excluding carboxylic acids is 1. The summed E-state index contributed by atoms with van der Waals surface area (Å²) in [5.74, 6) is -0.0550. The fourth-order valence-corrected chi connectivity index (χ4v) is 2.85. The van der Waals surface area contributed by atoms with Crippen LogP contribution in [0.15, 0.2) is 53.4 Å². The Morgan fingerprint density at radius 3 is 2.25 bits per heavy atom. The van der Waals surface area contributed by atoms with Crippen molar-refractivity contribution >= 4 is 29.0 Å². The lowest BCUT2D eigenvalue weighted by atomic mass is 10.1. The second kappa shape index (κ2) is 6.48. The predicted molar refractivity (Wildman–Crippen MR) is 85.9 cm³/mol. The van der Waals surface area contributed by atoms with E-state index in [0.29, 0.717) is 5.25 Å². The molecule has 1 unspecified atom stereocenters. The van der Waals surface area contributed by atoms with Crippen LogP contribution in [0.4, 0.5) is 11.4 Å². The fraction of sp³-hybridized carbons (Fsp3) is 0.188. The minimum absolute atomic E-state index is 0.0550. The van der Waals surface area contributed by atoms with E-state index in [2.05, 4.69) is 24.4 Å². The summed E-state index contributed by atoms with van der Waals surface area (Å²) >= 11 is 1.78. The molecule has 0 radical (unpaired) electrons. The van der Waals surface area contributed by atoms with Crippen molar-refractivity contribution in [3.63, 3.8) is 0 Å². The van der Waals surface area contributed by atoms with E-state index in [0.717, 1.165) is 11.4 Å². The van der Waals surface area contributed by atoms with Crippen LogP contribution in [0.25, 0.3) is 0 Å². The van der Waals surface area contributed by atoms with E-state index in [1.54, 1.807) is 11.8 Å². The van der Waals surface area contributed by atoms with Crippen LogP contribution >= 0.6 is 11.8 Å². The van der Waals surface area contributed by atoms with E-state index < -0.39 is 0 Å². The van der Waals surface area contributed by atoms with Crippen molar-refractivity contribution in [2.75, 3.05) is 11.1 Å². The van der Waals surface area contributed by atoms with Crippen LogP contribution < -0.4 is 11.1 Å². The molecule has 2 aromatic rings. The molecule has 3 N–H and O–H groups in total. The largest absolute Gasteiger partial charge is 0.399 e. The number of nitrogens with one attached hydrogen (secondary N) is 1. The highest BCUT2D eigenvalue weighted by Crippen LogP contribution is 2.35. The van der Waals surface area contributed by atoms with Gasteiger partial charge >= 0.3 is 0 Å². The van der Waals surface area contributed by atoms with Crippen LogP contribution in [0.1, 0.15) is 24.7 Å². The number of benzene rings is 2. The zero-order valence-corrected chi connectivity index (χ0v) is 12.4. The summed E-state index contributed by atoms with van der Waals surface area (Å²) in [6, 6.07) is 15.8. The van der Waals surface area contributed by atoms with Gasteiger partial charge in [-0.2, -0.15) is 0 Å². The molecule has 0 heterocycles. The highest BCUT2D eigenvalue weighted by atomic mass is 32.2. The SMILES string of the molecule is CC(=O)Nc1ccc(SC(C)c2ccc(N)cc2)cc1. The first kappa shape index (κ1) is 14.5. The average Bonchev–Trinajstić information content (AvgIpc) is 2.41. The van der Waals surface area contributed by atoms with Gasteiger partial charge in [-0.05, 0) is 48.9 Å². The molecule has 2 aromatic carbocycles. The number of nitrogens with two attached hydrogens (primary N) is 1. The Hall–Kier alpha value is -1.94. The van der Waals surface area contributed by atoms with Gasteiger partial charge in [-0.25, -0.2) is 0 Å². The van der Waals surface area contributed by atoms with Crippen LogP contribution in [0, 0.1) is 0 Å². The summed E-state index contributed by atoms with van der Waals surface area (Å²) in [5.41, 5.74) is 8.54. The number of hydrogen-bond donors (Lipinski definition) is 2. The van der Waals surface area contributed by atoms with Gasteiger partial charge in [-0.3, -0.25) is 4.79 Å². The van der Waals surface area contributed by atoms with Crippen molar-refractivity contribution in [1.29, 1.82) is 0 Å².